The van der Waals surface area contributed by atoms with Crippen LogP contribution >= 0.6 is 11.3 Å². The lowest BCUT2D eigenvalue weighted by Crippen LogP contribution is -2.33. The van der Waals surface area contributed by atoms with E-state index in [2.05, 4.69) is 52.7 Å². The molecule has 0 unspecified atom stereocenters. The van der Waals surface area contributed by atoms with Crippen molar-refractivity contribution in [3.8, 4) is 11.1 Å². The van der Waals surface area contributed by atoms with Crippen molar-refractivity contribution in [2.75, 3.05) is 25.5 Å². The Labute approximate surface area is 191 Å². The number of primary amides is 1. The Morgan fingerprint density at radius 2 is 1.75 bits per heavy atom. The summed E-state index contributed by atoms with van der Waals surface area (Å²) in [6.45, 7) is -0.179. The van der Waals surface area contributed by atoms with Crippen LogP contribution in [0.2, 0.25) is 0 Å². The molecule has 162 valence electrons. The van der Waals surface area contributed by atoms with E-state index in [1.165, 1.54) is 26.2 Å². The zero-order valence-electron chi connectivity index (χ0n) is 18.1. The summed E-state index contributed by atoms with van der Waals surface area (Å²) in [6.07, 6.45) is 0.871. The van der Waals surface area contributed by atoms with E-state index in [4.69, 9.17) is 5.73 Å². The van der Waals surface area contributed by atoms with E-state index in [0.717, 1.165) is 17.5 Å². The van der Waals surface area contributed by atoms with Gasteiger partial charge in [0.2, 0.25) is 5.91 Å². The molecule has 1 heterocycles. The maximum Gasteiger partial charge on any atom is 0.251 e. The van der Waals surface area contributed by atoms with Crippen molar-refractivity contribution in [3.63, 3.8) is 0 Å². The second-order valence-electron chi connectivity index (χ2n) is 7.91. The minimum absolute atomic E-state index is 0.179. The number of rotatable bonds is 7. The van der Waals surface area contributed by atoms with E-state index in [0.29, 0.717) is 5.56 Å². The lowest BCUT2D eigenvalue weighted by molar-refractivity contribution is -0.117. The fourth-order valence-corrected chi connectivity index (χ4v) is 4.90. The molecule has 3 N–H and O–H groups in total. The van der Waals surface area contributed by atoms with Crippen LogP contribution in [0.5, 0.6) is 0 Å². The molecule has 0 aliphatic rings. The van der Waals surface area contributed by atoms with Gasteiger partial charge in [-0.3, -0.25) is 9.59 Å². The molecule has 2 amide bonds. The van der Waals surface area contributed by atoms with Gasteiger partial charge in [0.15, 0.2) is 0 Å². The van der Waals surface area contributed by atoms with Crippen molar-refractivity contribution in [1.29, 1.82) is 0 Å². The van der Waals surface area contributed by atoms with Crippen LogP contribution in [0.25, 0.3) is 21.2 Å². The lowest BCUT2D eigenvalue weighted by atomic mass is 10.0. The smallest absolute Gasteiger partial charge is 0.251 e. The molecule has 1 aromatic heterocycles. The number of thiophene rings is 1. The van der Waals surface area contributed by atoms with Gasteiger partial charge in [0.05, 0.1) is 6.54 Å². The van der Waals surface area contributed by atoms with Gasteiger partial charge >= 0.3 is 0 Å². The van der Waals surface area contributed by atoms with Crippen LogP contribution in [0.4, 0.5) is 5.69 Å². The molecule has 3 aromatic carbocycles. The van der Waals surface area contributed by atoms with Crippen LogP contribution in [0, 0.1) is 0 Å². The van der Waals surface area contributed by atoms with E-state index >= 15 is 0 Å². The van der Waals surface area contributed by atoms with Crippen LogP contribution in [-0.2, 0) is 11.2 Å². The van der Waals surface area contributed by atoms with E-state index in [-0.39, 0.29) is 12.5 Å². The number of fused-ring (bicyclic) bond motifs is 1. The highest BCUT2D eigenvalue weighted by Gasteiger charge is 2.12. The summed E-state index contributed by atoms with van der Waals surface area (Å²) in [5, 5.41) is 3.73. The fraction of sp³-hybridized carbons (Fsp3) is 0.154. The predicted octanol–water partition coefficient (Wildman–Crippen LogP) is 4.44. The third-order valence-electron chi connectivity index (χ3n) is 5.26. The molecule has 0 atom stereocenters. The minimum atomic E-state index is -0.568. The normalized spacial score (nSPS) is 10.8. The molecule has 0 aliphatic heterocycles. The second-order valence-corrected chi connectivity index (χ2v) is 9.04. The molecular formula is C26H25N3O2S. The molecule has 0 spiro atoms. The first kappa shape index (κ1) is 21.6. The van der Waals surface area contributed by atoms with Crippen LogP contribution < -0.4 is 16.0 Å². The Balaban J connectivity index is 1.64. The maximum atomic E-state index is 12.4. The summed E-state index contributed by atoms with van der Waals surface area (Å²) in [6, 6.07) is 24.5. The van der Waals surface area contributed by atoms with Crippen molar-refractivity contribution >= 4 is 38.9 Å². The van der Waals surface area contributed by atoms with Gasteiger partial charge in [0.1, 0.15) is 0 Å². The largest absolute Gasteiger partial charge is 0.378 e. The molecule has 0 saturated carbocycles. The maximum absolute atomic E-state index is 12.4. The Morgan fingerprint density at radius 3 is 2.53 bits per heavy atom. The molecule has 4 aromatic rings. The number of nitrogens with one attached hydrogen (secondary N) is 1. The summed E-state index contributed by atoms with van der Waals surface area (Å²) in [7, 11) is 4.10. The molecule has 0 saturated heterocycles. The van der Waals surface area contributed by atoms with E-state index < -0.39 is 5.91 Å². The first-order valence-electron chi connectivity index (χ1n) is 10.4. The van der Waals surface area contributed by atoms with Crippen molar-refractivity contribution in [2.24, 2.45) is 5.73 Å². The van der Waals surface area contributed by atoms with Crippen LogP contribution in [0.3, 0.4) is 0 Å². The van der Waals surface area contributed by atoms with Crippen molar-refractivity contribution in [1.82, 2.24) is 5.32 Å². The highest BCUT2D eigenvalue weighted by molar-refractivity contribution is 7.19. The second kappa shape index (κ2) is 9.24. The zero-order valence-corrected chi connectivity index (χ0v) is 18.9. The standard InChI is InChI=1S/C26H25N3O2S/c1-29(2)21-10-3-6-17(12-21)13-22-15-19-8-5-11-23(25(19)32-22)18-7-4-9-20(14-18)26(31)28-16-24(27)30/h3-12,14-15H,13,16H2,1-2H3,(H2,27,30)(H,28,31). The molecule has 5 nitrogen and oxygen atoms in total. The number of carbonyl (C=O) groups excluding carboxylic acids is 2. The van der Waals surface area contributed by atoms with Gasteiger partial charge in [0.25, 0.3) is 5.91 Å². The predicted molar refractivity (Wildman–Crippen MR) is 132 cm³/mol. The lowest BCUT2D eigenvalue weighted by Gasteiger charge is -2.13. The molecule has 0 bridgehead atoms. The SMILES string of the molecule is CN(C)c1cccc(Cc2cc3cccc(-c4cccc(C(=O)NCC(N)=O)c4)c3s2)c1. The number of nitrogens with two attached hydrogens (primary N) is 1. The molecule has 6 heteroatoms. The highest BCUT2D eigenvalue weighted by atomic mass is 32.1. The molecule has 0 aliphatic carbocycles. The van der Waals surface area contributed by atoms with E-state index in [9.17, 15) is 9.59 Å². The first-order chi connectivity index (χ1) is 15.4. The Morgan fingerprint density at radius 1 is 0.969 bits per heavy atom. The van der Waals surface area contributed by atoms with Gasteiger partial charge in [-0.1, -0.05) is 42.5 Å². The van der Waals surface area contributed by atoms with E-state index in [1.807, 2.05) is 38.4 Å². The highest BCUT2D eigenvalue weighted by Crippen LogP contribution is 2.36. The summed E-state index contributed by atoms with van der Waals surface area (Å²) in [5.74, 6) is -0.882. The number of hydrogen-bond acceptors (Lipinski definition) is 4. The fourth-order valence-electron chi connectivity index (χ4n) is 3.67. The van der Waals surface area contributed by atoms with Crippen molar-refractivity contribution in [3.05, 3.63) is 88.8 Å². The van der Waals surface area contributed by atoms with Gasteiger partial charge in [-0.15, -0.1) is 11.3 Å². The third kappa shape index (κ3) is 4.81. The average molecular weight is 444 g/mol. The number of carbonyl (C=O) groups is 2. The molecule has 32 heavy (non-hydrogen) atoms. The Hall–Kier alpha value is -3.64. The number of benzene rings is 3. The summed E-state index contributed by atoms with van der Waals surface area (Å²) in [4.78, 5) is 26.7. The van der Waals surface area contributed by atoms with Gasteiger partial charge in [-0.2, -0.15) is 0 Å². The van der Waals surface area contributed by atoms with Crippen molar-refractivity contribution in [2.45, 2.75) is 6.42 Å². The number of anilines is 1. The quantitative estimate of drug-likeness (QED) is 0.443. The van der Waals surface area contributed by atoms with Gasteiger partial charge in [0, 0.05) is 41.3 Å². The Bertz CT molecular complexity index is 1290. The number of amides is 2. The third-order valence-corrected chi connectivity index (χ3v) is 6.44. The number of nitrogens with zero attached hydrogens (tertiary/aromatic N) is 1. The Kier molecular flexibility index (Phi) is 6.23. The first-order valence-corrected chi connectivity index (χ1v) is 11.2. The van der Waals surface area contributed by atoms with Crippen LogP contribution in [0.15, 0.2) is 72.8 Å². The molecular weight excluding hydrogens is 418 g/mol. The van der Waals surface area contributed by atoms with E-state index in [1.54, 1.807) is 17.4 Å². The molecule has 0 radical (unpaired) electrons. The summed E-state index contributed by atoms with van der Waals surface area (Å²) >= 11 is 1.78. The summed E-state index contributed by atoms with van der Waals surface area (Å²) < 4.78 is 1.20. The monoisotopic (exact) mass is 443 g/mol. The number of hydrogen-bond donors (Lipinski definition) is 2. The molecule has 4 rings (SSSR count). The van der Waals surface area contributed by atoms with Crippen LogP contribution in [-0.4, -0.2) is 32.5 Å². The average Bonchev–Trinajstić information content (AvgIpc) is 3.20. The molecule has 0 fully saturated rings. The van der Waals surface area contributed by atoms with Crippen molar-refractivity contribution < 1.29 is 9.59 Å². The van der Waals surface area contributed by atoms with Gasteiger partial charge in [-0.05, 0) is 52.4 Å². The van der Waals surface area contributed by atoms with Gasteiger partial charge in [-0.25, -0.2) is 0 Å². The minimum Gasteiger partial charge on any atom is -0.378 e. The topological polar surface area (TPSA) is 75.4 Å². The zero-order chi connectivity index (χ0) is 22.7. The summed E-state index contributed by atoms with van der Waals surface area (Å²) in [5.41, 5.74) is 10.1. The van der Waals surface area contributed by atoms with Crippen LogP contribution in [0.1, 0.15) is 20.8 Å². The van der Waals surface area contributed by atoms with Gasteiger partial charge < -0.3 is 16.0 Å².